The summed E-state index contributed by atoms with van der Waals surface area (Å²) in [4.78, 5) is 0.283. The van der Waals surface area contributed by atoms with Crippen molar-refractivity contribution in [2.45, 2.75) is 24.8 Å². The molecule has 1 unspecified atom stereocenters. The Kier molecular flexibility index (Phi) is 4.72. The van der Waals surface area contributed by atoms with E-state index in [1.165, 1.54) is 11.4 Å². The van der Waals surface area contributed by atoms with Crippen LogP contribution in [0.5, 0.6) is 5.75 Å². The van der Waals surface area contributed by atoms with E-state index in [0.717, 1.165) is 0 Å². The van der Waals surface area contributed by atoms with Crippen molar-refractivity contribution in [3.05, 3.63) is 23.8 Å². The first-order valence-corrected chi connectivity index (χ1v) is 7.11. The standard InChI is InChI=1S/C12H20N2O3S/c1-9-7-11(17-4)5-6-12(9)18(15,16)14(3)10(2)8-13/h5-7,10H,8,13H2,1-4H3. The Morgan fingerprint density at radius 2 is 2.06 bits per heavy atom. The van der Waals surface area contributed by atoms with Crippen LogP contribution in [0.4, 0.5) is 0 Å². The molecule has 0 aliphatic carbocycles. The fraction of sp³-hybridized carbons (Fsp3) is 0.500. The molecule has 1 aromatic rings. The minimum Gasteiger partial charge on any atom is -0.497 e. The molecular formula is C12H20N2O3S. The van der Waals surface area contributed by atoms with Crippen LogP contribution in [0.2, 0.25) is 0 Å². The second kappa shape index (κ2) is 5.69. The molecule has 6 heteroatoms. The van der Waals surface area contributed by atoms with Gasteiger partial charge in [0.15, 0.2) is 0 Å². The van der Waals surface area contributed by atoms with E-state index >= 15 is 0 Å². The van der Waals surface area contributed by atoms with E-state index in [2.05, 4.69) is 0 Å². The minimum atomic E-state index is -3.51. The molecule has 102 valence electrons. The summed E-state index contributed by atoms with van der Waals surface area (Å²) < 4.78 is 31.1. The molecule has 18 heavy (non-hydrogen) atoms. The number of sulfonamides is 1. The molecule has 0 amide bonds. The zero-order chi connectivity index (χ0) is 13.9. The van der Waals surface area contributed by atoms with Gasteiger partial charge in [0.1, 0.15) is 5.75 Å². The van der Waals surface area contributed by atoms with Crippen LogP contribution < -0.4 is 10.5 Å². The molecule has 0 aromatic heterocycles. The Hall–Kier alpha value is -1.11. The van der Waals surface area contributed by atoms with E-state index in [0.29, 0.717) is 11.3 Å². The smallest absolute Gasteiger partial charge is 0.243 e. The van der Waals surface area contributed by atoms with Gasteiger partial charge in [-0.05, 0) is 37.6 Å². The summed E-state index contributed by atoms with van der Waals surface area (Å²) in [5.41, 5.74) is 6.16. The van der Waals surface area contributed by atoms with Gasteiger partial charge in [0.05, 0.1) is 12.0 Å². The number of hydrogen-bond acceptors (Lipinski definition) is 4. The highest BCUT2D eigenvalue weighted by Crippen LogP contribution is 2.24. The van der Waals surface area contributed by atoms with E-state index < -0.39 is 10.0 Å². The molecule has 0 saturated heterocycles. The molecule has 1 rings (SSSR count). The lowest BCUT2D eigenvalue weighted by molar-refractivity contribution is 0.393. The Labute approximate surface area is 109 Å². The Balaban J connectivity index is 3.21. The summed E-state index contributed by atoms with van der Waals surface area (Å²) in [6.45, 7) is 3.80. The van der Waals surface area contributed by atoms with E-state index in [9.17, 15) is 8.42 Å². The third kappa shape index (κ3) is 2.82. The highest BCUT2D eigenvalue weighted by molar-refractivity contribution is 7.89. The molecule has 0 aliphatic rings. The summed E-state index contributed by atoms with van der Waals surface area (Å²) in [6, 6.07) is 4.66. The van der Waals surface area contributed by atoms with Crippen molar-refractivity contribution >= 4 is 10.0 Å². The largest absolute Gasteiger partial charge is 0.497 e. The van der Waals surface area contributed by atoms with E-state index in [4.69, 9.17) is 10.5 Å². The SMILES string of the molecule is COc1ccc(S(=O)(=O)N(C)C(C)CN)c(C)c1. The number of nitrogens with zero attached hydrogens (tertiary/aromatic N) is 1. The second-order valence-corrected chi connectivity index (χ2v) is 6.20. The van der Waals surface area contributed by atoms with Gasteiger partial charge in [-0.3, -0.25) is 0 Å². The van der Waals surface area contributed by atoms with Gasteiger partial charge in [-0.1, -0.05) is 0 Å². The zero-order valence-electron chi connectivity index (χ0n) is 11.2. The maximum absolute atomic E-state index is 12.4. The predicted octanol–water partition coefficient (Wildman–Crippen LogP) is 0.971. The summed E-state index contributed by atoms with van der Waals surface area (Å²) in [7, 11) is -0.423. The van der Waals surface area contributed by atoms with Gasteiger partial charge in [0.25, 0.3) is 0 Å². The Morgan fingerprint density at radius 3 is 2.50 bits per heavy atom. The first-order valence-electron chi connectivity index (χ1n) is 5.67. The number of hydrogen-bond donors (Lipinski definition) is 1. The van der Waals surface area contributed by atoms with Gasteiger partial charge in [-0.25, -0.2) is 8.42 Å². The van der Waals surface area contributed by atoms with Gasteiger partial charge in [0, 0.05) is 19.6 Å². The van der Waals surface area contributed by atoms with Crippen LogP contribution in [0.15, 0.2) is 23.1 Å². The Bertz CT molecular complexity index is 514. The molecule has 0 saturated carbocycles. The van der Waals surface area contributed by atoms with Crippen molar-refractivity contribution < 1.29 is 13.2 Å². The molecular weight excluding hydrogens is 252 g/mol. The molecule has 1 atom stereocenters. The summed E-state index contributed by atoms with van der Waals surface area (Å²) in [5, 5.41) is 0. The van der Waals surface area contributed by atoms with Gasteiger partial charge in [-0.15, -0.1) is 0 Å². The third-order valence-electron chi connectivity index (χ3n) is 3.00. The van der Waals surface area contributed by atoms with Crippen molar-refractivity contribution in [2.75, 3.05) is 20.7 Å². The first kappa shape index (κ1) is 14.9. The van der Waals surface area contributed by atoms with Gasteiger partial charge in [-0.2, -0.15) is 4.31 Å². The summed E-state index contributed by atoms with van der Waals surface area (Å²) in [5.74, 6) is 0.640. The average Bonchev–Trinajstić information content (AvgIpc) is 2.36. The number of likely N-dealkylation sites (N-methyl/N-ethyl adjacent to an activating group) is 1. The molecule has 5 nitrogen and oxygen atoms in total. The summed E-state index contributed by atoms with van der Waals surface area (Å²) >= 11 is 0. The number of aryl methyl sites for hydroxylation is 1. The van der Waals surface area contributed by atoms with E-state index in [1.807, 2.05) is 0 Å². The van der Waals surface area contributed by atoms with Crippen LogP contribution >= 0.6 is 0 Å². The van der Waals surface area contributed by atoms with Crippen molar-refractivity contribution in [1.29, 1.82) is 0 Å². The van der Waals surface area contributed by atoms with Crippen LogP contribution in [0.3, 0.4) is 0 Å². The maximum Gasteiger partial charge on any atom is 0.243 e. The fourth-order valence-electron chi connectivity index (χ4n) is 1.58. The number of rotatable bonds is 5. The van der Waals surface area contributed by atoms with Gasteiger partial charge in [0.2, 0.25) is 10.0 Å². The molecule has 0 heterocycles. The number of benzene rings is 1. The minimum absolute atomic E-state index is 0.239. The quantitative estimate of drug-likeness (QED) is 0.867. The lowest BCUT2D eigenvalue weighted by Crippen LogP contribution is -2.39. The van der Waals surface area contributed by atoms with Crippen LogP contribution in [0.1, 0.15) is 12.5 Å². The highest BCUT2D eigenvalue weighted by Gasteiger charge is 2.26. The van der Waals surface area contributed by atoms with Crippen molar-refractivity contribution in [2.24, 2.45) is 5.73 Å². The van der Waals surface area contributed by atoms with Crippen LogP contribution in [-0.2, 0) is 10.0 Å². The highest BCUT2D eigenvalue weighted by atomic mass is 32.2. The molecule has 0 spiro atoms. The predicted molar refractivity (Wildman–Crippen MR) is 71.2 cm³/mol. The monoisotopic (exact) mass is 272 g/mol. The number of methoxy groups -OCH3 is 1. The van der Waals surface area contributed by atoms with E-state index in [1.54, 1.807) is 39.2 Å². The van der Waals surface area contributed by atoms with Crippen molar-refractivity contribution in [1.82, 2.24) is 4.31 Å². The van der Waals surface area contributed by atoms with Gasteiger partial charge < -0.3 is 10.5 Å². The normalized spacial score (nSPS) is 13.7. The fourth-order valence-corrected chi connectivity index (χ4v) is 3.15. The van der Waals surface area contributed by atoms with Crippen LogP contribution in [0.25, 0.3) is 0 Å². The molecule has 2 N–H and O–H groups in total. The topological polar surface area (TPSA) is 72.6 Å². The average molecular weight is 272 g/mol. The van der Waals surface area contributed by atoms with Crippen LogP contribution in [-0.4, -0.2) is 39.5 Å². The lowest BCUT2D eigenvalue weighted by Gasteiger charge is -2.24. The third-order valence-corrected chi connectivity index (χ3v) is 5.13. The lowest BCUT2D eigenvalue weighted by atomic mass is 10.2. The van der Waals surface area contributed by atoms with Crippen molar-refractivity contribution in [3.8, 4) is 5.75 Å². The molecule has 1 aromatic carbocycles. The van der Waals surface area contributed by atoms with Crippen LogP contribution in [0, 0.1) is 6.92 Å². The first-order chi connectivity index (χ1) is 8.34. The molecule has 0 bridgehead atoms. The summed E-state index contributed by atoms with van der Waals surface area (Å²) in [6.07, 6.45) is 0. The number of nitrogens with two attached hydrogens (primary N) is 1. The molecule has 0 radical (unpaired) electrons. The molecule has 0 aliphatic heterocycles. The maximum atomic E-state index is 12.4. The number of ether oxygens (including phenoxy) is 1. The Morgan fingerprint density at radius 1 is 1.44 bits per heavy atom. The molecule has 0 fully saturated rings. The van der Waals surface area contributed by atoms with E-state index in [-0.39, 0.29) is 17.5 Å². The van der Waals surface area contributed by atoms with Crippen molar-refractivity contribution in [3.63, 3.8) is 0 Å². The van der Waals surface area contributed by atoms with Gasteiger partial charge >= 0.3 is 0 Å². The zero-order valence-corrected chi connectivity index (χ0v) is 12.0. The second-order valence-electron chi connectivity index (χ2n) is 4.24.